The molecule has 0 saturated heterocycles. The van der Waals surface area contributed by atoms with E-state index in [1.807, 2.05) is 0 Å². The van der Waals surface area contributed by atoms with Gasteiger partial charge in [-0.3, -0.25) is 0 Å². The fraction of sp³-hybridized carbons (Fsp3) is 0.200. The van der Waals surface area contributed by atoms with Crippen molar-refractivity contribution >= 4 is 0 Å². The Labute approximate surface area is 46.2 Å². The van der Waals surface area contributed by atoms with Gasteiger partial charge in [0.1, 0.15) is 6.26 Å². The van der Waals surface area contributed by atoms with Crippen molar-refractivity contribution in [1.29, 1.82) is 0 Å². The van der Waals surface area contributed by atoms with Gasteiger partial charge in [0.25, 0.3) is 0 Å². The average molecular weight is 114 g/mol. The molecule has 1 heterocycles. The summed E-state index contributed by atoms with van der Waals surface area (Å²) in [4.78, 5) is 0. The van der Waals surface area contributed by atoms with Crippen LogP contribution >= 0.6 is 0 Å². The molecule has 0 aliphatic rings. The second-order valence-electron chi connectivity index (χ2n) is 1.44. The van der Waals surface area contributed by atoms with E-state index >= 15 is 0 Å². The summed E-state index contributed by atoms with van der Waals surface area (Å²) in [6.07, 6.45) is 2.47. The first-order valence-corrected chi connectivity index (χ1v) is 2.19. The minimum Gasteiger partial charge on any atom is -0.504 e. The zero-order chi connectivity index (χ0) is 5.98. The smallest absolute Gasteiger partial charge is 0.159 e. The predicted octanol–water partition coefficient (Wildman–Crippen LogP) is 0.478. The number of furan rings is 1. The molecule has 0 aliphatic heterocycles. The highest BCUT2D eigenvalue weighted by molar-refractivity contribution is 5.24. The Morgan fingerprint density at radius 1 is 1.50 bits per heavy atom. The van der Waals surface area contributed by atoms with Gasteiger partial charge < -0.3 is 14.6 Å². The van der Waals surface area contributed by atoms with Crippen LogP contribution in [0.2, 0.25) is 0 Å². The minimum atomic E-state index is -0.178. The summed E-state index contributed by atoms with van der Waals surface area (Å²) < 4.78 is 4.53. The molecule has 0 spiro atoms. The van der Waals surface area contributed by atoms with Gasteiger partial charge in [0, 0.05) is 0 Å². The highest BCUT2D eigenvalue weighted by Gasteiger charge is 1.98. The molecule has 3 nitrogen and oxygen atoms in total. The summed E-state index contributed by atoms with van der Waals surface area (Å²) in [7, 11) is 0. The van der Waals surface area contributed by atoms with Crippen molar-refractivity contribution in [3.8, 4) is 5.75 Å². The van der Waals surface area contributed by atoms with Crippen molar-refractivity contribution in [3.05, 3.63) is 18.1 Å². The third kappa shape index (κ3) is 0.675. The minimum absolute atomic E-state index is 0.00694. The summed E-state index contributed by atoms with van der Waals surface area (Å²) >= 11 is 0. The van der Waals surface area contributed by atoms with Crippen LogP contribution in [0.1, 0.15) is 5.56 Å². The number of hydrogen-bond acceptors (Lipinski definition) is 3. The lowest BCUT2D eigenvalue weighted by Gasteiger charge is -1.84. The van der Waals surface area contributed by atoms with Crippen molar-refractivity contribution in [2.75, 3.05) is 0 Å². The van der Waals surface area contributed by atoms with Crippen LogP contribution in [0.3, 0.4) is 0 Å². The number of aromatic hydroxyl groups is 1. The standard InChI is InChI=1S/C5H6O3/c6-1-4-2-8-3-5(4)7/h2-3,6-7H,1H2. The van der Waals surface area contributed by atoms with E-state index in [9.17, 15) is 0 Å². The Morgan fingerprint density at radius 2 is 2.25 bits per heavy atom. The lowest BCUT2D eigenvalue weighted by molar-refractivity contribution is 0.275. The fourth-order valence-electron chi connectivity index (χ4n) is 0.435. The Bertz CT molecular complexity index is 168. The Balaban J connectivity index is 2.92. The molecule has 44 valence electrons. The Hall–Kier alpha value is -0.960. The van der Waals surface area contributed by atoms with Crippen LogP contribution in [-0.2, 0) is 6.61 Å². The second kappa shape index (κ2) is 1.88. The van der Waals surface area contributed by atoms with E-state index < -0.39 is 0 Å². The van der Waals surface area contributed by atoms with Crippen LogP contribution in [0, 0.1) is 0 Å². The average Bonchev–Trinajstić information content (AvgIpc) is 2.14. The quantitative estimate of drug-likeness (QED) is 0.558. The summed E-state index contributed by atoms with van der Waals surface area (Å²) in [6, 6.07) is 0. The van der Waals surface area contributed by atoms with Crippen molar-refractivity contribution in [2.45, 2.75) is 6.61 Å². The van der Waals surface area contributed by atoms with Gasteiger partial charge in [0.15, 0.2) is 5.75 Å². The van der Waals surface area contributed by atoms with Crippen molar-refractivity contribution in [1.82, 2.24) is 0 Å². The van der Waals surface area contributed by atoms with Crippen LogP contribution < -0.4 is 0 Å². The van der Waals surface area contributed by atoms with E-state index in [2.05, 4.69) is 4.42 Å². The summed E-state index contributed by atoms with van der Waals surface area (Å²) in [6.45, 7) is -0.178. The molecule has 8 heavy (non-hydrogen) atoms. The monoisotopic (exact) mass is 114 g/mol. The molecule has 0 radical (unpaired) electrons. The van der Waals surface area contributed by atoms with Gasteiger partial charge in [0.2, 0.25) is 0 Å². The van der Waals surface area contributed by atoms with E-state index in [1.54, 1.807) is 0 Å². The largest absolute Gasteiger partial charge is 0.504 e. The van der Waals surface area contributed by atoms with E-state index in [4.69, 9.17) is 10.2 Å². The van der Waals surface area contributed by atoms with Crippen LogP contribution in [0.15, 0.2) is 16.9 Å². The van der Waals surface area contributed by atoms with Crippen LogP contribution in [0.25, 0.3) is 0 Å². The molecule has 0 unspecified atom stereocenters. The summed E-state index contributed by atoms with van der Waals surface area (Å²) in [5, 5.41) is 17.1. The molecular weight excluding hydrogens is 108 g/mol. The lowest BCUT2D eigenvalue weighted by atomic mass is 10.3. The van der Waals surface area contributed by atoms with E-state index in [-0.39, 0.29) is 12.4 Å². The number of hydrogen-bond donors (Lipinski definition) is 2. The van der Waals surface area contributed by atoms with Crippen molar-refractivity contribution < 1.29 is 14.6 Å². The first-order valence-electron chi connectivity index (χ1n) is 2.19. The van der Waals surface area contributed by atoms with Gasteiger partial charge in [-0.2, -0.15) is 0 Å². The summed E-state index contributed by atoms with van der Waals surface area (Å²) in [5.41, 5.74) is 0.421. The molecule has 1 aromatic heterocycles. The van der Waals surface area contributed by atoms with E-state index in [1.165, 1.54) is 12.5 Å². The van der Waals surface area contributed by atoms with Gasteiger partial charge in [0.05, 0.1) is 18.4 Å². The number of aliphatic hydroxyl groups excluding tert-OH is 1. The zero-order valence-corrected chi connectivity index (χ0v) is 4.16. The predicted molar refractivity (Wildman–Crippen MR) is 26.3 cm³/mol. The molecule has 1 rings (SSSR count). The maximum atomic E-state index is 8.70. The van der Waals surface area contributed by atoms with Crippen LogP contribution in [0.4, 0.5) is 0 Å². The molecule has 0 atom stereocenters. The van der Waals surface area contributed by atoms with Crippen molar-refractivity contribution in [2.24, 2.45) is 0 Å². The molecule has 0 aliphatic carbocycles. The molecule has 2 N–H and O–H groups in total. The molecule has 0 bridgehead atoms. The van der Waals surface area contributed by atoms with Gasteiger partial charge >= 0.3 is 0 Å². The van der Waals surface area contributed by atoms with Gasteiger partial charge in [-0.25, -0.2) is 0 Å². The topological polar surface area (TPSA) is 53.6 Å². The third-order valence-electron chi connectivity index (χ3n) is 0.889. The lowest BCUT2D eigenvalue weighted by Crippen LogP contribution is -1.75. The molecule has 0 amide bonds. The van der Waals surface area contributed by atoms with Gasteiger partial charge in [-0.05, 0) is 0 Å². The highest BCUT2D eigenvalue weighted by Crippen LogP contribution is 2.16. The van der Waals surface area contributed by atoms with E-state index in [0.29, 0.717) is 5.56 Å². The van der Waals surface area contributed by atoms with Gasteiger partial charge in [-0.1, -0.05) is 0 Å². The molecule has 0 aromatic carbocycles. The van der Waals surface area contributed by atoms with Crippen molar-refractivity contribution in [3.63, 3.8) is 0 Å². The first-order chi connectivity index (χ1) is 3.84. The number of rotatable bonds is 1. The van der Waals surface area contributed by atoms with Crippen LogP contribution in [-0.4, -0.2) is 10.2 Å². The molecule has 0 saturated carbocycles. The maximum absolute atomic E-state index is 8.70. The highest BCUT2D eigenvalue weighted by atomic mass is 16.3. The maximum Gasteiger partial charge on any atom is 0.159 e. The Morgan fingerprint density at radius 3 is 2.50 bits per heavy atom. The molecule has 1 aromatic rings. The van der Waals surface area contributed by atoms with E-state index in [0.717, 1.165) is 0 Å². The molecule has 3 heteroatoms. The second-order valence-corrected chi connectivity index (χ2v) is 1.44. The molecule has 0 fully saturated rings. The molecular formula is C5H6O3. The zero-order valence-electron chi connectivity index (χ0n) is 4.16. The first kappa shape index (κ1) is 5.18. The SMILES string of the molecule is OCc1cocc1O. The normalized spacial score (nSPS) is 9.62. The summed E-state index contributed by atoms with van der Waals surface area (Å²) in [5.74, 6) is 0.00694. The van der Waals surface area contributed by atoms with Crippen LogP contribution in [0.5, 0.6) is 5.75 Å². The fourth-order valence-corrected chi connectivity index (χ4v) is 0.435. The van der Waals surface area contributed by atoms with Gasteiger partial charge in [-0.15, -0.1) is 0 Å². The Kier molecular flexibility index (Phi) is 1.22. The third-order valence-corrected chi connectivity index (χ3v) is 0.889. The number of aliphatic hydroxyl groups is 1.